The Balaban J connectivity index is 2.02. The van der Waals surface area contributed by atoms with Gasteiger partial charge in [0.2, 0.25) is 0 Å². The zero-order valence-electron chi connectivity index (χ0n) is 14.1. The maximum Gasteiger partial charge on any atom is 0.0449 e. The van der Waals surface area contributed by atoms with Crippen molar-refractivity contribution in [3.63, 3.8) is 0 Å². The van der Waals surface area contributed by atoms with Crippen molar-refractivity contribution in [2.45, 2.75) is 65.0 Å². The van der Waals surface area contributed by atoms with Crippen LogP contribution in [-0.4, -0.2) is 30.6 Å². The molecular weight excluding hydrogens is 256 g/mol. The summed E-state index contributed by atoms with van der Waals surface area (Å²) in [6.07, 6.45) is 6.46. The summed E-state index contributed by atoms with van der Waals surface area (Å²) >= 11 is 0. The highest BCUT2D eigenvalue weighted by Crippen LogP contribution is 2.29. The second kappa shape index (κ2) is 8.55. The van der Waals surface area contributed by atoms with Gasteiger partial charge in [0.15, 0.2) is 0 Å². The molecule has 1 atom stereocenters. The minimum absolute atomic E-state index is 0.470. The minimum atomic E-state index is 0.470. The van der Waals surface area contributed by atoms with Gasteiger partial charge in [-0.25, -0.2) is 0 Å². The summed E-state index contributed by atoms with van der Waals surface area (Å²) in [4.78, 5) is 2.69. The van der Waals surface area contributed by atoms with Gasteiger partial charge in [0.1, 0.15) is 0 Å². The molecule has 1 saturated carbocycles. The van der Waals surface area contributed by atoms with Gasteiger partial charge in [-0.1, -0.05) is 51.5 Å². The zero-order chi connectivity index (χ0) is 15.1. The summed E-state index contributed by atoms with van der Waals surface area (Å²) in [6.45, 7) is 10.2. The van der Waals surface area contributed by atoms with Crippen LogP contribution in [0.25, 0.3) is 0 Å². The first-order valence-electron chi connectivity index (χ1n) is 8.84. The van der Waals surface area contributed by atoms with Gasteiger partial charge in [-0.15, -0.1) is 0 Å². The second-order valence-electron chi connectivity index (χ2n) is 6.33. The number of aryl methyl sites for hydroxylation is 1. The van der Waals surface area contributed by atoms with Gasteiger partial charge >= 0.3 is 0 Å². The molecule has 21 heavy (non-hydrogen) atoms. The standard InChI is InChI=1S/C19H32N2/c1-4-7-16-8-10-17(11-9-16)19(20-6-3)15-21(14-5-2)18-12-13-18/h8-11,18-20H,4-7,12-15H2,1-3H3. The van der Waals surface area contributed by atoms with Gasteiger partial charge in [-0.3, -0.25) is 4.90 Å². The summed E-state index contributed by atoms with van der Waals surface area (Å²) in [5.41, 5.74) is 2.91. The van der Waals surface area contributed by atoms with Crippen molar-refractivity contribution >= 4 is 0 Å². The van der Waals surface area contributed by atoms with Crippen LogP contribution in [0.1, 0.15) is 63.6 Å². The van der Waals surface area contributed by atoms with Crippen LogP contribution in [-0.2, 0) is 6.42 Å². The Labute approximate surface area is 130 Å². The topological polar surface area (TPSA) is 15.3 Å². The highest BCUT2D eigenvalue weighted by atomic mass is 15.2. The average molecular weight is 288 g/mol. The van der Waals surface area contributed by atoms with Crippen molar-refractivity contribution in [3.8, 4) is 0 Å². The lowest BCUT2D eigenvalue weighted by Gasteiger charge is -2.28. The summed E-state index contributed by atoms with van der Waals surface area (Å²) in [5.74, 6) is 0. The SMILES string of the molecule is CCCc1ccc(C(CN(CCC)C2CC2)NCC)cc1. The Morgan fingerprint density at radius 3 is 2.33 bits per heavy atom. The molecule has 1 aromatic rings. The molecular formula is C19H32N2. The number of hydrogen-bond acceptors (Lipinski definition) is 2. The number of hydrogen-bond donors (Lipinski definition) is 1. The molecule has 1 fully saturated rings. The van der Waals surface area contributed by atoms with Crippen molar-refractivity contribution in [1.82, 2.24) is 10.2 Å². The van der Waals surface area contributed by atoms with E-state index in [1.807, 2.05) is 0 Å². The molecule has 1 aromatic carbocycles. The maximum absolute atomic E-state index is 3.68. The van der Waals surface area contributed by atoms with E-state index in [4.69, 9.17) is 0 Å². The normalized spacial score (nSPS) is 16.4. The molecule has 0 spiro atoms. The first kappa shape index (κ1) is 16.5. The third-order valence-corrected chi connectivity index (χ3v) is 4.36. The van der Waals surface area contributed by atoms with E-state index in [1.54, 1.807) is 0 Å². The number of benzene rings is 1. The van der Waals surface area contributed by atoms with Crippen LogP contribution in [0.4, 0.5) is 0 Å². The lowest BCUT2D eigenvalue weighted by atomic mass is 10.0. The van der Waals surface area contributed by atoms with E-state index >= 15 is 0 Å². The Kier molecular flexibility index (Phi) is 6.72. The average Bonchev–Trinajstić information content (AvgIpc) is 3.32. The highest BCUT2D eigenvalue weighted by molar-refractivity contribution is 5.25. The van der Waals surface area contributed by atoms with Crippen LogP contribution >= 0.6 is 0 Å². The summed E-state index contributed by atoms with van der Waals surface area (Å²) in [6, 6.07) is 10.6. The molecule has 118 valence electrons. The van der Waals surface area contributed by atoms with E-state index in [0.717, 1.165) is 19.1 Å². The van der Waals surface area contributed by atoms with Crippen LogP contribution in [0.2, 0.25) is 0 Å². The Bertz CT molecular complexity index is 395. The van der Waals surface area contributed by atoms with Crippen LogP contribution in [0.5, 0.6) is 0 Å². The quantitative estimate of drug-likeness (QED) is 0.695. The van der Waals surface area contributed by atoms with E-state index in [0.29, 0.717) is 6.04 Å². The van der Waals surface area contributed by atoms with Crippen molar-refractivity contribution in [2.75, 3.05) is 19.6 Å². The molecule has 0 bridgehead atoms. The largest absolute Gasteiger partial charge is 0.309 e. The predicted octanol–water partition coefficient (Wildman–Crippen LogP) is 4.16. The van der Waals surface area contributed by atoms with Crippen LogP contribution in [0, 0.1) is 0 Å². The minimum Gasteiger partial charge on any atom is -0.309 e. The monoisotopic (exact) mass is 288 g/mol. The zero-order valence-corrected chi connectivity index (χ0v) is 14.1. The molecule has 0 aliphatic heterocycles. The van der Waals surface area contributed by atoms with Crippen LogP contribution in [0.3, 0.4) is 0 Å². The predicted molar refractivity (Wildman–Crippen MR) is 91.7 cm³/mol. The van der Waals surface area contributed by atoms with E-state index in [2.05, 4.69) is 55.3 Å². The van der Waals surface area contributed by atoms with Gasteiger partial charge < -0.3 is 5.32 Å². The summed E-state index contributed by atoms with van der Waals surface area (Å²) < 4.78 is 0. The lowest BCUT2D eigenvalue weighted by molar-refractivity contribution is 0.234. The van der Waals surface area contributed by atoms with E-state index in [9.17, 15) is 0 Å². The third-order valence-electron chi connectivity index (χ3n) is 4.36. The highest BCUT2D eigenvalue weighted by Gasteiger charge is 2.30. The van der Waals surface area contributed by atoms with Crippen LogP contribution in [0.15, 0.2) is 24.3 Å². The maximum atomic E-state index is 3.68. The van der Waals surface area contributed by atoms with E-state index in [1.165, 1.54) is 49.8 Å². The van der Waals surface area contributed by atoms with E-state index < -0.39 is 0 Å². The first-order valence-corrected chi connectivity index (χ1v) is 8.84. The Morgan fingerprint density at radius 2 is 1.81 bits per heavy atom. The molecule has 0 aromatic heterocycles. The van der Waals surface area contributed by atoms with Crippen molar-refractivity contribution in [2.24, 2.45) is 0 Å². The third kappa shape index (κ3) is 5.12. The molecule has 2 nitrogen and oxygen atoms in total. The van der Waals surface area contributed by atoms with Crippen molar-refractivity contribution in [3.05, 3.63) is 35.4 Å². The molecule has 1 unspecified atom stereocenters. The lowest BCUT2D eigenvalue weighted by Crippen LogP contribution is -2.37. The second-order valence-corrected chi connectivity index (χ2v) is 6.33. The van der Waals surface area contributed by atoms with Gasteiger partial charge in [-0.2, -0.15) is 0 Å². The fraction of sp³-hybridized carbons (Fsp3) is 0.684. The number of nitrogens with zero attached hydrogens (tertiary/aromatic N) is 1. The molecule has 0 heterocycles. The smallest absolute Gasteiger partial charge is 0.0449 e. The van der Waals surface area contributed by atoms with Gasteiger partial charge in [0, 0.05) is 18.6 Å². The molecule has 1 aliphatic rings. The molecule has 1 aliphatic carbocycles. The Hall–Kier alpha value is -0.860. The number of likely N-dealkylation sites (N-methyl/N-ethyl adjacent to an activating group) is 1. The molecule has 0 radical (unpaired) electrons. The summed E-state index contributed by atoms with van der Waals surface area (Å²) in [5, 5.41) is 3.68. The van der Waals surface area contributed by atoms with Gasteiger partial charge in [-0.05, 0) is 49.9 Å². The molecule has 0 saturated heterocycles. The molecule has 0 amide bonds. The molecule has 2 rings (SSSR count). The van der Waals surface area contributed by atoms with Crippen molar-refractivity contribution in [1.29, 1.82) is 0 Å². The van der Waals surface area contributed by atoms with Gasteiger partial charge in [0.05, 0.1) is 0 Å². The van der Waals surface area contributed by atoms with Gasteiger partial charge in [0.25, 0.3) is 0 Å². The molecule has 2 heteroatoms. The fourth-order valence-electron chi connectivity index (χ4n) is 3.12. The number of rotatable bonds is 10. The molecule has 1 N–H and O–H groups in total. The first-order chi connectivity index (χ1) is 10.3. The van der Waals surface area contributed by atoms with Crippen LogP contribution < -0.4 is 5.32 Å². The fourth-order valence-corrected chi connectivity index (χ4v) is 3.12. The van der Waals surface area contributed by atoms with Crippen molar-refractivity contribution < 1.29 is 0 Å². The number of nitrogens with one attached hydrogen (secondary N) is 1. The van der Waals surface area contributed by atoms with E-state index in [-0.39, 0.29) is 0 Å². The summed E-state index contributed by atoms with van der Waals surface area (Å²) in [7, 11) is 0. The Morgan fingerprint density at radius 1 is 1.10 bits per heavy atom.